The van der Waals surface area contributed by atoms with E-state index < -0.39 is 0 Å². The van der Waals surface area contributed by atoms with Crippen LogP contribution in [-0.2, 0) is 12.5 Å². The van der Waals surface area contributed by atoms with E-state index >= 15 is 0 Å². The topological polar surface area (TPSA) is 63.6 Å². The summed E-state index contributed by atoms with van der Waals surface area (Å²) in [5.41, 5.74) is 2.69. The van der Waals surface area contributed by atoms with E-state index in [2.05, 4.69) is 35.8 Å². The van der Waals surface area contributed by atoms with Crippen LogP contribution in [0.2, 0.25) is 0 Å². The molecule has 0 spiro atoms. The molecule has 22 heavy (non-hydrogen) atoms. The molecule has 1 aliphatic rings. The number of hydrogen-bond donors (Lipinski definition) is 1. The van der Waals surface area contributed by atoms with Crippen molar-refractivity contribution in [3.63, 3.8) is 0 Å². The van der Waals surface area contributed by atoms with E-state index in [0.29, 0.717) is 11.6 Å². The predicted molar refractivity (Wildman–Crippen MR) is 87.7 cm³/mol. The lowest BCUT2D eigenvalue weighted by Crippen LogP contribution is -2.14. The van der Waals surface area contributed by atoms with Crippen molar-refractivity contribution < 1.29 is 0 Å². The molecule has 1 aliphatic carbocycles. The fourth-order valence-electron chi connectivity index (χ4n) is 2.52. The van der Waals surface area contributed by atoms with Gasteiger partial charge in [-0.1, -0.05) is 20.8 Å². The Labute approximate surface area is 130 Å². The number of aryl methyl sites for hydroxylation is 1. The first-order valence-corrected chi connectivity index (χ1v) is 7.66. The highest BCUT2D eigenvalue weighted by atomic mass is 16.1. The molecule has 1 saturated carbocycles. The molecule has 0 bridgehead atoms. The molecular formula is C17H22N4O. The molecule has 0 aliphatic heterocycles. The Morgan fingerprint density at radius 2 is 2.05 bits per heavy atom. The van der Waals surface area contributed by atoms with Crippen LogP contribution in [0.1, 0.15) is 62.3 Å². The van der Waals surface area contributed by atoms with Crippen LogP contribution in [0, 0.1) is 0 Å². The summed E-state index contributed by atoms with van der Waals surface area (Å²) >= 11 is 0. The molecule has 0 amide bonds. The molecule has 0 saturated heterocycles. The van der Waals surface area contributed by atoms with Crippen LogP contribution in [0.4, 0.5) is 0 Å². The van der Waals surface area contributed by atoms with Crippen LogP contribution in [0.3, 0.4) is 0 Å². The number of aromatic nitrogens is 4. The molecule has 2 aromatic heterocycles. The van der Waals surface area contributed by atoms with Gasteiger partial charge in [0.15, 0.2) is 0 Å². The van der Waals surface area contributed by atoms with E-state index in [9.17, 15) is 4.79 Å². The third-order valence-electron chi connectivity index (χ3n) is 3.75. The second-order valence-corrected chi connectivity index (χ2v) is 7.02. The third kappa shape index (κ3) is 3.18. The highest BCUT2D eigenvalue weighted by molar-refractivity contribution is 5.69. The molecule has 5 nitrogen and oxygen atoms in total. The van der Waals surface area contributed by atoms with Crippen molar-refractivity contribution in [2.45, 2.75) is 44.9 Å². The molecular weight excluding hydrogens is 276 g/mol. The van der Waals surface area contributed by atoms with Crippen molar-refractivity contribution in [1.29, 1.82) is 0 Å². The molecule has 116 valence electrons. The summed E-state index contributed by atoms with van der Waals surface area (Å²) in [7, 11) is 1.92. The summed E-state index contributed by atoms with van der Waals surface area (Å²) < 4.78 is 1.82. The van der Waals surface area contributed by atoms with Crippen molar-refractivity contribution in [2.75, 3.05) is 0 Å². The number of nitrogens with zero attached hydrogens (tertiary/aromatic N) is 3. The smallest absolute Gasteiger partial charge is 0.251 e. The van der Waals surface area contributed by atoms with Gasteiger partial charge in [0, 0.05) is 36.2 Å². The van der Waals surface area contributed by atoms with Gasteiger partial charge in [-0.2, -0.15) is 5.10 Å². The average Bonchev–Trinajstić information content (AvgIpc) is 3.18. The lowest BCUT2D eigenvalue weighted by Gasteiger charge is -2.16. The average molecular weight is 298 g/mol. The Hall–Kier alpha value is -2.17. The van der Waals surface area contributed by atoms with E-state index in [0.717, 1.165) is 29.9 Å². The first-order chi connectivity index (χ1) is 10.3. The summed E-state index contributed by atoms with van der Waals surface area (Å²) in [6.45, 7) is 6.43. The van der Waals surface area contributed by atoms with Gasteiger partial charge in [-0.05, 0) is 25.0 Å². The molecule has 0 unspecified atom stereocenters. The standard InChI is InChI=1S/C17H22N4O/c1-17(2,3)15-12(10-21(4)20-15)7-8-13-9-14(22)19-16(18-13)11-5-6-11/h7-11H,5-6H2,1-4H3,(H,18,19,22)/b8-7+. The largest absolute Gasteiger partial charge is 0.310 e. The number of H-pyrrole nitrogens is 1. The van der Waals surface area contributed by atoms with Crippen LogP contribution in [0.25, 0.3) is 12.2 Å². The van der Waals surface area contributed by atoms with E-state index in [4.69, 9.17) is 0 Å². The number of nitrogens with one attached hydrogen (secondary N) is 1. The molecule has 0 aromatic carbocycles. The quantitative estimate of drug-likeness (QED) is 0.947. The maximum absolute atomic E-state index is 11.7. The maximum Gasteiger partial charge on any atom is 0.251 e. The predicted octanol–water partition coefficient (Wildman–Crippen LogP) is 2.85. The summed E-state index contributed by atoms with van der Waals surface area (Å²) in [5, 5.41) is 4.54. The van der Waals surface area contributed by atoms with Gasteiger partial charge in [0.05, 0.1) is 11.4 Å². The van der Waals surface area contributed by atoms with Crippen molar-refractivity contribution in [2.24, 2.45) is 7.05 Å². The van der Waals surface area contributed by atoms with Gasteiger partial charge in [0.2, 0.25) is 0 Å². The summed E-state index contributed by atoms with van der Waals surface area (Å²) in [4.78, 5) is 19.1. The van der Waals surface area contributed by atoms with Gasteiger partial charge < -0.3 is 4.98 Å². The van der Waals surface area contributed by atoms with Gasteiger partial charge >= 0.3 is 0 Å². The van der Waals surface area contributed by atoms with Gasteiger partial charge in [0.25, 0.3) is 5.56 Å². The molecule has 1 fully saturated rings. The molecule has 0 atom stereocenters. The monoisotopic (exact) mass is 298 g/mol. The first-order valence-electron chi connectivity index (χ1n) is 7.66. The minimum Gasteiger partial charge on any atom is -0.310 e. The van der Waals surface area contributed by atoms with Crippen molar-refractivity contribution in [1.82, 2.24) is 19.7 Å². The third-order valence-corrected chi connectivity index (χ3v) is 3.75. The Bertz CT molecular complexity index is 773. The van der Waals surface area contributed by atoms with Crippen LogP contribution >= 0.6 is 0 Å². The summed E-state index contributed by atoms with van der Waals surface area (Å²) in [5.74, 6) is 1.25. The second kappa shape index (κ2) is 5.23. The highest BCUT2D eigenvalue weighted by Crippen LogP contribution is 2.37. The van der Waals surface area contributed by atoms with E-state index in [-0.39, 0.29) is 11.0 Å². The molecule has 2 aromatic rings. The minimum atomic E-state index is -0.0845. The van der Waals surface area contributed by atoms with Crippen LogP contribution in [0.15, 0.2) is 17.1 Å². The van der Waals surface area contributed by atoms with E-state index in [1.54, 1.807) is 0 Å². The van der Waals surface area contributed by atoms with Gasteiger partial charge in [-0.3, -0.25) is 9.48 Å². The van der Waals surface area contributed by atoms with Crippen LogP contribution < -0.4 is 5.56 Å². The normalized spacial score (nSPS) is 15.6. The minimum absolute atomic E-state index is 0.0261. The Morgan fingerprint density at radius 1 is 1.32 bits per heavy atom. The number of aromatic amines is 1. The SMILES string of the molecule is Cn1cc(/C=C/c2cc(=O)[nH]c(C3CC3)n2)c(C(C)(C)C)n1. The lowest BCUT2D eigenvalue weighted by molar-refractivity contribution is 0.552. The molecule has 1 N–H and O–H groups in total. The zero-order chi connectivity index (χ0) is 15.9. The zero-order valence-corrected chi connectivity index (χ0v) is 13.6. The van der Waals surface area contributed by atoms with E-state index in [1.807, 2.05) is 30.1 Å². The van der Waals surface area contributed by atoms with Crippen LogP contribution in [-0.4, -0.2) is 19.7 Å². The number of rotatable bonds is 3. The molecule has 5 heteroatoms. The van der Waals surface area contributed by atoms with Crippen molar-refractivity contribution in [3.05, 3.63) is 45.4 Å². The number of hydrogen-bond acceptors (Lipinski definition) is 3. The molecule has 3 rings (SSSR count). The molecule has 2 heterocycles. The van der Waals surface area contributed by atoms with Crippen molar-refractivity contribution >= 4 is 12.2 Å². The maximum atomic E-state index is 11.7. The fraction of sp³-hybridized carbons (Fsp3) is 0.471. The Kier molecular flexibility index (Phi) is 3.51. The fourth-order valence-corrected chi connectivity index (χ4v) is 2.52. The zero-order valence-electron chi connectivity index (χ0n) is 13.6. The molecule has 0 radical (unpaired) electrons. The van der Waals surface area contributed by atoms with Gasteiger partial charge in [-0.15, -0.1) is 0 Å². The lowest BCUT2D eigenvalue weighted by atomic mass is 9.89. The highest BCUT2D eigenvalue weighted by Gasteiger charge is 2.26. The Balaban J connectivity index is 1.93. The second-order valence-electron chi connectivity index (χ2n) is 7.02. The van der Waals surface area contributed by atoms with Gasteiger partial charge in [0.1, 0.15) is 5.82 Å². The summed E-state index contributed by atoms with van der Waals surface area (Å²) in [6, 6.07) is 1.54. The van der Waals surface area contributed by atoms with Crippen molar-refractivity contribution in [3.8, 4) is 0 Å². The summed E-state index contributed by atoms with van der Waals surface area (Å²) in [6.07, 6.45) is 8.12. The van der Waals surface area contributed by atoms with Crippen LogP contribution in [0.5, 0.6) is 0 Å². The van der Waals surface area contributed by atoms with E-state index in [1.165, 1.54) is 6.07 Å². The Morgan fingerprint density at radius 3 is 2.68 bits per heavy atom. The first kappa shape index (κ1) is 14.8. The van der Waals surface area contributed by atoms with Gasteiger partial charge in [-0.25, -0.2) is 4.98 Å².